The van der Waals surface area contributed by atoms with E-state index in [0.717, 1.165) is 18.7 Å². The summed E-state index contributed by atoms with van der Waals surface area (Å²) in [5.74, 6) is 1.34. The molecule has 19 heavy (non-hydrogen) atoms. The zero-order valence-electron chi connectivity index (χ0n) is 11.4. The standard InChI is InChI=1S/C13H20ClN3O2/c1-3-19-8-13-16-11(14)7-12(17-13)15-9-5-4-6-10(9)18-2/h7,9-10H,3-6,8H2,1-2H3,(H,15,16,17). The summed E-state index contributed by atoms with van der Waals surface area (Å²) < 4.78 is 10.8. The lowest BCUT2D eigenvalue weighted by molar-refractivity contribution is 0.101. The molecule has 2 atom stereocenters. The maximum Gasteiger partial charge on any atom is 0.158 e. The van der Waals surface area contributed by atoms with Crippen LogP contribution in [0.1, 0.15) is 32.0 Å². The molecule has 1 aliphatic rings. The highest BCUT2D eigenvalue weighted by Crippen LogP contribution is 2.25. The van der Waals surface area contributed by atoms with Gasteiger partial charge in [-0.3, -0.25) is 0 Å². The summed E-state index contributed by atoms with van der Waals surface area (Å²) in [4.78, 5) is 8.56. The first-order valence-electron chi connectivity index (χ1n) is 6.63. The number of hydrogen-bond acceptors (Lipinski definition) is 5. The molecule has 106 valence electrons. The largest absolute Gasteiger partial charge is 0.379 e. The number of anilines is 1. The molecule has 1 aliphatic carbocycles. The van der Waals surface area contributed by atoms with Crippen LogP contribution in [0.25, 0.3) is 0 Å². The Kier molecular flexibility index (Phi) is 5.36. The van der Waals surface area contributed by atoms with E-state index in [1.54, 1.807) is 13.2 Å². The van der Waals surface area contributed by atoms with Crippen LogP contribution >= 0.6 is 11.6 Å². The van der Waals surface area contributed by atoms with E-state index in [1.807, 2.05) is 6.92 Å². The first-order chi connectivity index (χ1) is 9.22. The molecule has 1 N–H and O–H groups in total. The maximum absolute atomic E-state index is 6.01. The molecule has 0 aliphatic heterocycles. The Bertz CT molecular complexity index is 417. The fourth-order valence-corrected chi connectivity index (χ4v) is 2.56. The van der Waals surface area contributed by atoms with E-state index in [-0.39, 0.29) is 12.1 Å². The minimum absolute atomic E-state index is 0.240. The molecule has 1 aromatic rings. The van der Waals surface area contributed by atoms with E-state index < -0.39 is 0 Å². The number of methoxy groups -OCH3 is 1. The highest BCUT2D eigenvalue weighted by molar-refractivity contribution is 6.29. The number of ether oxygens (including phenoxy) is 2. The van der Waals surface area contributed by atoms with E-state index >= 15 is 0 Å². The molecule has 0 bridgehead atoms. The molecule has 0 saturated heterocycles. The van der Waals surface area contributed by atoms with Crippen LogP contribution in [0.2, 0.25) is 5.15 Å². The van der Waals surface area contributed by atoms with E-state index in [2.05, 4.69) is 15.3 Å². The summed E-state index contributed by atoms with van der Waals surface area (Å²) in [6.45, 7) is 2.95. The van der Waals surface area contributed by atoms with Crippen molar-refractivity contribution < 1.29 is 9.47 Å². The topological polar surface area (TPSA) is 56.3 Å². The summed E-state index contributed by atoms with van der Waals surface area (Å²) >= 11 is 6.01. The smallest absolute Gasteiger partial charge is 0.158 e. The molecule has 0 radical (unpaired) electrons. The summed E-state index contributed by atoms with van der Waals surface area (Å²) in [7, 11) is 1.75. The predicted octanol–water partition coefficient (Wildman–Crippen LogP) is 2.65. The molecular weight excluding hydrogens is 266 g/mol. The molecule has 0 spiro atoms. The van der Waals surface area contributed by atoms with Gasteiger partial charge < -0.3 is 14.8 Å². The fraction of sp³-hybridized carbons (Fsp3) is 0.692. The van der Waals surface area contributed by atoms with Crippen LogP contribution in [-0.4, -0.2) is 35.8 Å². The van der Waals surface area contributed by atoms with Crippen LogP contribution in [0, 0.1) is 0 Å². The summed E-state index contributed by atoms with van der Waals surface area (Å²) in [5, 5.41) is 3.81. The van der Waals surface area contributed by atoms with Gasteiger partial charge >= 0.3 is 0 Å². The van der Waals surface area contributed by atoms with E-state index in [1.165, 1.54) is 6.42 Å². The van der Waals surface area contributed by atoms with Crippen LogP contribution in [0.5, 0.6) is 0 Å². The zero-order valence-corrected chi connectivity index (χ0v) is 12.1. The van der Waals surface area contributed by atoms with Crippen LogP contribution < -0.4 is 5.32 Å². The van der Waals surface area contributed by atoms with Gasteiger partial charge in [0.25, 0.3) is 0 Å². The van der Waals surface area contributed by atoms with Gasteiger partial charge in [-0.05, 0) is 26.2 Å². The van der Waals surface area contributed by atoms with Gasteiger partial charge in [-0.25, -0.2) is 9.97 Å². The minimum atomic E-state index is 0.240. The summed E-state index contributed by atoms with van der Waals surface area (Å²) in [5.41, 5.74) is 0. The lowest BCUT2D eigenvalue weighted by Gasteiger charge is -2.20. The summed E-state index contributed by atoms with van der Waals surface area (Å²) in [6.07, 6.45) is 3.57. The average molecular weight is 286 g/mol. The van der Waals surface area contributed by atoms with Gasteiger partial charge in [-0.15, -0.1) is 0 Å². The predicted molar refractivity (Wildman–Crippen MR) is 74.4 cm³/mol. The molecule has 1 heterocycles. The Morgan fingerprint density at radius 3 is 3.00 bits per heavy atom. The van der Waals surface area contributed by atoms with Gasteiger partial charge in [0.2, 0.25) is 0 Å². The Balaban J connectivity index is 2.04. The number of hydrogen-bond donors (Lipinski definition) is 1. The zero-order chi connectivity index (χ0) is 13.7. The third-order valence-electron chi connectivity index (χ3n) is 3.27. The van der Waals surface area contributed by atoms with Crippen LogP contribution in [0.3, 0.4) is 0 Å². The average Bonchev–Trinajstić information content (AvgIpc) is 2.83. The van der Waals surface area contributed by atoms with Gasteiger partial charge in [0, 0.05) is 19.8 Å². The number of nitrogens with one attached hydrogen (secondary N) is 1. The Morgan fingerprint density at radius 2 is 2.26 bits per heavy atom. The molecule has 1 saturated carbocycles. The van der Waals surface area contributed by atoms with Crippen molar-refractivity contribution in [2.24, 2.45) is 0 Å². The van der Waals surface area contributed by atoms with Crippen molar-refractivity contribution in [1.82, 2.24) is 9.97 Å². The monoisotopic (exact) mass is 285 g/mol. The Morgan fingerprint density at radius 1 is 1.42 bits per heavy atom. The molecule has 0 aromatic carbocycles. The lowest BCUT2D eigenvalue weighted by Crippen LogP contribution is -2.30. The fourth-order valence-electron chi connectivity index (χ4n) is 2.36. The normalized spacial score (nSPS) is 22.7. The lowest BCUT2D eigenvalue weighted by atomic mass is 10.2. The van der Waals surface area contributed by atoms with Gasteiger partial charge in [0.1, 0.15) is 17.6 Å². The SMILES string of the molecule is CCOCc1nc(Cl)cc(NC2CCCC2OC)n1. The van der Waals surface area contributed by atoms with Gasteiger partial charge in [0.05, 0.1) is 12.1 Å². The highest BCUT2D eigenvalue weighted by Gasteiger charge is 2.27. The third kappa shape index (κ3) is 4.03. The molecule has 1 aromatic heterocycles. The van der Waals surface area contributed by atoms with E-state index in [4.69, 9.17) is 21.1 Å². The van der Waals surface area contributed by atoms with Crippen molar-refractivity contribution in [2.45, 2.75) is 44.9 Å². The van der Waals surface area contributed by atoms with Gasteiger partial charge in [-0.2, -0.15) is 0 Å². The molecule has 2 rings (SSSR count). The quantitative estimate of drug-likeness (QED) is 0.814. The number of aromatic nitrogens is 2. The van der Waals surface area contributed by atoms with Crippen molar-refractivity contribution in [1.29, 1.82) is 0 Å². The Hall–Kier alpha value is -0.910. The van der Waals surface area contributed by atoms with E-state index in [9.17, 15) is 0 Å². The van der Waals surface area contributed by atoms with Crippen LogP contribution in [0.15, 0.2) is 6.07 Å². The van der Waals surface area contributed by atoms with E-state index in [0.29, 0.717) is 24.2 Å². The third-order valence-corrected chi connectivity index (χ3v) is 3.46. The first kappa shape index (κ1) is 14.5. The first-order valence-corrected chi connectivity index (χ1v) is 7.01. The molecule has 2 unspecified atom stereocenters. The second kappa shape index (κ2) is 7.03. The number of nitrogens with zero attached hydrogens (tertiary/aromatic N) is 2. The molecule has 6 heteroatoms. The second-order valence-electron chi connectivity index (χ2n) is 4.59. The van der Waals surface area contributed by atoms with Crippen LogP contribution in [0.4, 0.5) is 5.82 Å². The van der Waals surface area contributed by atoms with Crippen molar-refractivity contribution in [3.63, 3.8) is 0 Å². The summed E-state index contributed by atoms with van der Waals surface area (Å²) in [6, 6.07) is 2.03. The molecule has 1 fully saturated rings. The number of rotatable bonds is 6. The molecular formula is C13H20ClN3O2. The molecule has 0 amide bonds. The number of halogens is 1. The van der Waals surface area contributed by atoms with Crippen molar-refractivity contribution in [3.8, 4) is 0 Å². The Labute approximate surface area is 118 Å². The van der Waals surface area contributed by atoms with Gasteiger partial charge in [-0.1, -0.05) is 11.6 Å². The van der Waals surface area contributed by atoms with Crippen molar-refractivity contribution in [3.05, 3.63) is 17.0 Å². The maximum atomic E-state index is 6.01. The van der Waals surface area contributed by atoms with Gasteiger partial charge in [0.15, 0.2) is 5.82 Å². The van der Waals surface area contributed by atoms with Crippen LogP contribution in [-0.2, 0) is 16.1 Å². The molecule has 5 nitrogen and oxygen atoms in total. The minimum Gasteiger partial charge on any atom is -0.379 e. The van der Waals surface area contributed by atoms with Crippen molar-refractivity contribution in [2.75, 3.05) is 19.0 Å². The second-order valence-corrected chi connectivity index (χ2v) is 4.97. The van der Waals surface area contributed by atoms with Crippen molar-refractivity contribution >= 4 is 17.4 Å². The highest BCUT2D eigenvalue weighted by atomic mass is 35.5.